The Morgan fingerprint density at radius 2 is 1.34 bits per heavy atom. The maximum Gasteiger partial charge on any atom is 0.128 e. The van der Waals surface area contributed by atoms with Crippen molar-refractivity contribution in [2.75, 3.05) is 6.61 Å². The first kappa shape index (κ1) is 18.6. The number of benzene rings is 3. The Labute approximate surface area is 166 Å². The highest BCUT2D eigenvalue weighted by Crippen LogP contribution is 2.49. The van der Waals surface area contributed by atoms with Crippen molar-refractivity contribution in [2.45, 2.75) is 18.8 Å². The zero-order valence-electron chi connectivity index (χ0n) is 15.6. The van der Waals surface area contributed by atoms with Crippen LogP contribution in [0.15, 0.2) is 76.2 Å². The zero-order valence-corrected chi connectivity index (χ0v) is 15.6. The van der Waals surface area contributed by atoms with Crippen LogP contribution < -0.4 is 4.74 Å². The van der Waals surface area contributed by atoms with E-state index in [4.69, 9.17) is 4.74 Å². The third-order valence-corrected chi connectivity index (χ3v) is 5.44. The average molecular weight is 387 g/mol. The summed E-state index contributed by atoms with van der Waals surface area (Å²) in [6.45, 7) is 2.21. The molecule has 1 heterocycles. The Morgan fingerprint density at radius 3 is 1.90 bits per heavy atom. The van der Waals surface area contributed by atoms with E-state index in [1.165, 1.54) is 0 Å². The topological polar surface area (TPSA) is 97.5 Å². The molecule has 144 valence electrons. The standard InChI is InChI=1S/C22H17N3O4/c1-13-20(25-28)11-10-18-21(15-4-8-17(24-27)9-5-15)19(12-29-22(13)18)14-2-6-16(23-26)7-3-14/h2-11,19,21H,12H2,1H3. The molecule has 0 N–H and O–H groups in total. The van der Waals surface area contributed by atoms with Gasteiger partial charge in [-0.25, -0.2) is 0 Å². The number of hydrogen-bond donors (Lipinski definition) is 0. The number of fused-ring (bicyclic) bond motifs is 1. The molecular weight excluding hydrogens is 370 g/mol. The third-order valence-electron chi connectivity index (χ3n) is 5.44. The van der Waals surface area contributed by atoms with Gasteiger partial charge >= 0.3 is 0 Å². The molecule has 3 aromatic carbocycles. The molecule has 7 heteroatoms. The molecule has 2 atom stereocenters. The molecular formula is C22H17N3O4. The number of nitroso groups, excluding NO2 is 3. The van der Waals surface area contributed by atoms with Gasteiger partial charge in [-0.05, 0) is 63.9 Å². The molecule has 4 rings (SSSR count). The van der Waals surface area contributed by atoms with Gasteiger partial charge in [-0.2, -0.15) is 0 Å². The van der Waals surface area contributed by atoms with E-state index in [0.717, 1.165) is 16.7 Å². The zero-order chi connectivity index (χ0) is 20.4. The summed E-state index contributed by atoms with van der Waals surface area (Å²) in [6.07, 6.45) is 0. The molecule has 3 aromatic rings. The first-order valence-corrected chi connectivity index (χ1v) is 9.12. The van der Waals surface area contributed by atoms with E-state index < -0.39 is 0 Å². The van der Waals surface area contributed by atoms with E-state index in [-0.39, 0.29) is 11.8 Å². The summed E-state index contributed by atoms with van der Waals surface area (Å²) in [4.78, 5) is 32.7. The molecule has 0 saturated heterocycles. The van der Waals surface area contributed by atoms with E-state index in [2.05, 4.69) is 15.5 Å². The normalized spacial score (nSPS) is 17.7. The lowest BCUT2D eigenvalue weighted by Gasteiger charge is -2.35. The minimum Gasteiger partial charge on any atom is -0.492 e. The van der Waals surface area contributed by atoms with Crippen LogP contribution in [0.1, 0.15) is 34.1 Å². The molecule has 1 aliphatic heterocycles. The van der Waals surface area contributed by atoms with Gasteiger partial charge in [-0.3, -0.25) is 0 Å². The Balaban J connectivity index is 1.86. The van der Waals surface area contributed by atoms with Crippen molar-refractivity contribution in [1.82, 2.24) is 0 Å². The number of rotatable bonds is 5. The summed E-state index contributed by atoms with van der Waals surface area (Å²) in [5, 5.41) is 9.01. The molecule has 0 aliphatic carbocycles. The van der Waals surface area contributed by atoms with Gasteiger partial charge in [-0.1, -0.05) is 30.3 Å². The van der Waals surface area contributed by atoms with Crippen LogP contribution in [-0.2, 0) is 0 Å². The van der Waals surface area contributed by atoms with Crippen molar-refractivity contribution in [3.63, 3.8) is 0 Å². The van der Waals surface area contributed by atoms with E-state index in [9.17, 15) is 14.7 Å². The van der Waals surface area contributed by atoms with Crippen molar-refractivity contribution >= 4 is 17.1 Å². The van der Waals surface area contributed by atoms with Gasteiger partial charge in [0.25, 0.3) is 0 Å². The maximum absolute atomic E-state index is 11.1. The van der Waals surface area contributed by atoms with Gasteiger partial charge in [0.05, 0.1) is 6.61 Å². The molecule has 2 unspecified atom stereocenters. The SMILES string of the molecule is Cc1c(N=O)ccc2c1OCC(c1ccc(N=O)cc1)C2c1ccc(N=O)cc1. The van der Waals surface area contributed by atoms with Crippen LogP contribution in [0, 0.1) is 21.6 Å². The molecule has 7 nitrogen and oxygen atoms in total. The third kappa shape index (κ3) is 3.31. The lowest BCUT2D eigenvalue weighted by molar-refractivity contribution is 0.247. The summed E-state index contributed by atoms with van der Waals surface area (Å²) >= 11 is 0. The van der Waals surface area contributed by atoms with E-state index in [1.807, 2.05) is 37.3 Å². The van der Waals surface area contributed by atoms with E-state index in [0.29, 0.717) is 35.0 Å². The molecule has 29 heavy (non-hydrogen) atoms. The van der Waals surface area contributed by atoms with Crippen molar-refractivity contribution in [3.05, 3.63) is 97.6 Å². The second-order valence-electron chi connectivity index (χ2n) is 6.98. The Kier molecular flexibility index (Phi) is 4.95. The average Bonchev–Trinajstić information content (AvgIpc) is 2.79. The van der Waals surface area contributed by atoms with Gasteiger partial charge in [0.15, 0.2) is 0 Å². The summed E-state index contributed by atoms with van der Waals surface area (Å²) in [5.41, 5.74) is 4.71. The predicted octanol–water partition coefficient (Wildman–Crippen LogP) is 6.50. The van der Waals surface area contributed by atoms with Crippen LogP contribution in [0.3, 0.4) is 0 Å². The molecule has 0 radical (unpaired) electrons. The largest absolute Gasteiger partial charge is 0.492 e. The van der Waals surface area contributed by atoms with Gasteiger partial charge in [0.1, 0.15) is 22.8 Å². The monoisotopic (exact) mass is 387 g/mol. The smallest absolute Gasteiger partial charge is 0.128 e. The Hall–Kier alpha value is -3.74. The second-order valence-corrected chi connectivity index (χ2v) is 6.98. The highest BCUT2D eigenvalue weighted by atomic mass is 16.5. The molecule has 0 bridgehead atoms. The van der Waals surface area contributed by atoms with Gasteiger partial charge in [-0.15, -0.1) is 14.7 Å². The van der Waals surface area contributed by atoms with Gasteiger partial charge in [0.2, 0.25) is 0 Å². The Morgan fingerprint density at radius 1 is 0.759 bits per heavy atom. The first-order chi connectivity index (χ1) is 14.2. The van der Waals surface area contributed by atoms with Crippen LogP contribution in [0.2, 0.25) is 0 Å². The minimum atomic E-state index is -0.0751. The number of nitrogens with zero attached hydrogens (tertiary/aromatic N) is 3. The lowest BCUT2D eigenvalue weighted by atomic mass is 9.75. The summed E-state index contributed by atoms with van der Waals surface area (Å²) in [5.74, 6) is 0.550. The quantitative estimate of drug-likeness (QED) is 0.467. The summed E-state index contributed by atoms with van der Waals surface area (Å²) in [6, 6.07) is 17.8. The highest BCUT2D eigenvalue weighted by molar-refractivity contribution is 5.61. The van der Waals surface area contributed by atoms with E-state index in [1.54, 1.807) is 30.3 Å². The molecule has 0 saturated carbocycles. The Bertz CT molecular complexity index is 1080. The summed E-state index contributed by atoms with van der Waals surface area (Å²) in [7, 11) is 0. The molecule has 0 aromatic heterocycles. The number of ether oxygens (including phenoxy) is 1. The van der Waals surface area contributed by atoms with Crippen molar-refractivity contribution in [1.29, 1.82) is 0 Å². The number of hydrogen-bond acceptors (Lipinski definition) is 7. The molecule has 0 fully saturated rings. The lowest BCUT2D eigenvalue weighted by Crippen LogP contribution is -2.25. The molecule has 1 aliphatic rings. The van der Waals surface area contributed by atoms with Crippen LogP contribution in [0.4, 0.5) is 17.1 Å². The fraction of sp³-hybridized carbons (Fsp3) is 0.182. The van der Waals surface area contributed by atoms with Crippen molar-refractivity contribution in [2.24, 2.45) is 15.5 Å². The van der Waals surface area contributed by atoms with Gasteiger partial charge in [0, 0.05) is 23.0 Å². The fourth-order valence-corrected chi connectivity index (χ4v) is 3.95. The van der Waals surface area contributed by atoms with Crippen LogP contribution in [0.25, 0.3) is 0 Å². The molecule has 0 amide bonds. The van der Waals surface area contributed by atoms with Crippen LogP contribution in [-0.4, -0.2) is 6.61 Å². The maximum atomic E-state index is 11.1. The van der Waals surface area contributed by atoms with Crippen molar-refractivity contribution in [3.8, 4) is 5.75 Å². The highest BCUT2D eigenvalue weighted by Gasteiger charge is 2.34. The van der Waals surface area contributed by atoms with Crippen LogP contribution in [0.5, 0.6) is 5.75 Å². The fourth-order valence-electron chi connectivity index (χ4n) is 3.95. The second kappa shape index (κ2) is 7.71. The summed E-state index contributed by atoms with van der Waals surface area (Å²) < 4.78 is 6.06. The first-order valence-electron chi connectivity index (χ1n) is 9.12. The molecule has 0 spiro atoms. The van der Waals surface area contributed by atoms with Crippen molar-refractivity contribution < 1.29 is 4.74 Å². The predicted molar refractivity (Wildman–Crippen MR) is 111 cm³/mol. The van der Waals surface area contributed by atoms with Gasteiger partial charge < -0.3 is 4.74 Å². The van der Waals surface area contributed by atoms with Crippen LogP contribution >= 0.6 is 0 Å². The minimum absolute atomic E-state index is 0.0346. The van der Waals surface area contributed by atoms with E-state index >= 15 is 0 Å².